The number of rotatable bonds is 7. The zero-order chi connectivity index (χ0) is 12.7. The SMILES string of the molecule is CCCSCC(Cc1cc(F)cc(F)c1)NN. The maximum absolute atomic E-state index is 13.0. The summed E-state index contributed by atoms with van der Waals surface area (Å²) in [5.41, 5.74) is 3.31. The van der Waals surface area contributed by atoms with Crippen LogP contribution in [-0.4, -0.2) is 17.5 Å². The summed E-state index contributed by atoms with van der Waals surface area (Å²) in [6, 6.07) is 3.60. The molecule has 0 saturated heterocycles. The molecule has 0 aromatic heterocycles. The Bertz CT molecular complexity index is 327. The highest BCUT2D eigenvalue weighted by molar-refractivity contribution is 7.99. The first-order chi connectivity index (χ1) is 8.15. The fourth-order valence-electron chi connectivity index (χ4n) is 1.55. The molecule has 2 nitrogen and oxygen atoms in total. The van der Waals surface area contributed by atoms with E-state index in [-0.39, 0.29) is 6.04 Å². The molecule has 1 unspecified atom stereocenters. The Morgan fingerprint density at radius 2 is 1.94 bits per heavy atom. The molecule has 0 aliphatic carbocycles. The molecule has 1 rings (SSSR count). The van der Waals surface area contributed by atoms with Crippen LogP contribution >= 0.6 is 11.8 Å². The van der Waals surface area contributed by atoms with Crippen LogP contribution in [0.1, 0.15) is 18.9 Å². The van der Waals surface area contributed by atoms with Gasteiger partial charge in [-0.25, -0.2) is 8.78 Å². The number of thioether (sulfide) groups is 1. The number of halogens is 2. The van der Waals surface area contributed by atoms with Gasteiger partial charge >= 0.3 is 0 Å². The molecule has 0 fully saturated rings. The third-order valence-corrected chi connectivity index (χ3v) is 3.64. The van der Waals surface area contributed by atoms with Gasteiger partial charge in [-0.3, -0.25) is 11.3 Å². The minimum atomic E-state index is -0.544. The Hall–Kier alpha value is -0.650. The first-order valence-corrected chi connectivity index (χ1v) is 6.80. The molecule has 0 bridgehead atoms. The lowest BCUT2D eigenvalue weighted by Crippen LogP contribution is -2.38. The van der Waals surface area contributed by atoms with Crippen LogP contribution in [0.4, 0.5) is 8.78 Å². The monoisotopic (exact) mass is 260 g/mol. The van der Waals surface area contributed by atoms with Gasteiger partial charge in [0.05, 0.1) is 0 Å². The van der Waals surface area contributed by atoms with Crippen LogP contribution in [0.2, 0.25) is 0 Å². The maximum Gasteiger partial charge on any atom is 0.126 e. The summed E-state index contributed by atoms with van der Waals surface area (Å²) in [6.07, 6.45) is 1.64. The van der Waals surface area contributed by atoms with E-state index >= 15 is 0 Å². The molecule has 1 aromatic rings. The third kappa shape index (κ3) is 5.48. The van der Waals surface area contributed by atoms with E-state index in [0.717, 1.165) is 24.0 Å². The Morgan fingerprint density at radius 3 is 2.47 bits per heavy atom. The van der Waals surface area contributed by atoms with Crippen LogP contribution in [-0.2, 0) is 6.42 Å². The van der Waals surface area contributed by atoms with Crippen LogP contribution in [0.25, 0.3) is 0 Å². The van der Waals surface area contributed by atoms with E-state index in [1.165, 1.54) is 12.1 Å². The molecule has 0 aliphatic heterocycles. The molecular weight excluding hydrogens is 242 g/mol. The second-order valence-corrected chi connectivity index (χ2v) is 5.07. The van der Waals surface area contributed by atoms with Crippen LogP contribution in [0.15, 0.2) is 18.2 Å². The van der Waals surface area contributed by atoms with Crippen molar-refractivity contribution in [3.63, 3.8) is 0 Å². The standard InChI is InChI=1S/C12H18F2N2S/c1-2-3-17-8-12(16-15)6-9-4-10(13)7-11(14)5-9/h4-5,7,12,16H,2-3,6,8,15H2,1H3. The summed E-state index contributed by atoms with van der Waals surface area (Å²) in [7, 11) is 0. The lowest BCUT2D eigenvalue weighted by atomic mass is 10.1. The molecular formula is C12H18F2N2S. The van der Waals surface area contributed by atoms with Crippen molar-refractivity contribution in [2.24, 2.45) is 5.84 Å². The lowest BCUT2D eigenvalue weighted by molar-refractivity contribution is 0.556. The van der Waals surface area contributed by atoms with Crippen molar-refractivity contribution in [3.8, 4) is 0 Å². The number of hydrazine groups is 1. The van der Waals surface area contributed by atoms with E-state index in [1.54, 1.807) is 11.8 Å². The van der Waals surface area contributed by atoms with Crippen molar-refractivity contribution < 1.29 is 8.78 Å². The van der Waals surface area contributed by atoms with Gasteiger partial charge in [-0.05, 0) is 36.3 Å². The minimum absolute atomic E-state index is 0.0350. The molecule has 3 N–H and O–H groups in total. The Morgan fingerprint density at radius 1 is 1.29 bits per heavy atom. The van der Waals surface area contributed by atoms with E-state index in [9.17, 15) is 8.78 Å². The fraction of sp³-hybridized carbons (Fsp3) is 0.500. The van der Waals surface area contributed by atoms with Gasteiger partial charge in [0.15, 0.2) is 0 Å². The van der Waals surface area contributed by atoms with Gasteiger partial charge in [-0.15, -0.1) is 0 Å². The molecule has 17 heavy (non-hydrogen) atoms. The minimum Gasteiger partial charge on any atom is -0.271 e. The van der Waals surface area contributed by atoms with Crippen LogP contribution in [0, 0.1) is 11.6 Å². The van der Waals surface area contributed by atoms with Gasteiger partial charge in [-0.1, -0.05) is 6.92 Å². The molecule has 1 aromatic carbocycles. The second kappa shape index (κ2) is 7.63. The molecule has 0 radical (unpaired) electrons. The quantitative estimate of drug-likeness (QED) is 0.449. The van der Waals surface area contributed by atoms with E-state index < -0.39 is 11.6 Å². The number of nitrogens with one attached hydrogen (secondary N) is 1. The molecule has 0 spiro atoms. The van der Waals surface area contributed by atoms with Crippen molar-refractivity contribution in [2.75, 3.05) is 11.5 Å². The van der Waals surface area contributed by atoms with E-state index in [1.807, 2.05) is 0 Å². The number of hydrogen-bond donors (Lipinski definition) is 2. The smallest absolute Gasteiger partial charge is 0.126 e. The normalized spacial score (nSPS) is 12.7. The number of benzene rings is 1. The molecule has 0 saturated carbocycles. The van der Waals surface area contributed by atoms with Crippen molar-refractivity contribution in [2.45, 2.75) is 25.8 Å². The highest BCUT2D eigenvalue weighted by Crippen LogP contribution is 2.12. The summed E-state index contributed by atoms with van der Waals surface area (Å²) in [5.74, 6) is 6.24. The number of hydrogen-bond acceptors (Lipinski definition) is 3. The topological polar surface area (TPSA) is 38.0 Å². The molecule has 96 valence electrons. The summed E-state index contributed by atoms with van der Waals surface area (Å²) in [4.78, 5) is 0. The zero-order valence-corrected chi connectivity index (χ0v) is 10.7. The third-order valence-electron chi connectivity index (χ3n) is 2.31. The van der Waals surface area contributed by atoms with E-state index in [2.05, 4.69) is 12.3 Å². The van der Waals surface area contributed by atoms with Crippen molar-refractivity contribution in [3.05, 3.63) is 35.4 Å². The van der Waals surface area contributed by atoms with Gasteiger partial charge in [-0.2, -0.15) is 11.8 Å². The van der Waals surface area contributed by atoms with Gasteiger partial charge in [0, 0.05) is 17.9 Å². The van der Waals surface area contributed by atoms with Gasteiger partial charge in [0.25, 0.3) is 0 Å². The van der Waals surface area contributed by atoms with Gasteiger partial charge < -0.3 is 0 Å². The summed E-state index contributed by atoms with van der Waals surface area (Å²) >= 11 is 1.78. The van der Waals surface area contributed by atoms with E-state index in [0.29, 0.717) is 12.0 Å². The second-order valence-electron chi connectivity index (χ2n) is 3.92. The predicted octanol–water partition coefficient (Wildman–Crippen LogP) is 2.48. The largest absolute Gasteiger partial charge is 0.271 e. The first kappa shape index (κ1) is 14.4. The van der Waals surface area contributed by atoms with Crippen LogP contribution in [0.3, 0.4) is 0 Å². The van der Waals surface area contributed by atoms with Gasteiger partial charge in [0.1, 0.15) is 11.6 Å². The van der Waals surface area contributed by atoms with Crippen molar-refractivity contribution in [1.29, 1.82) is 0 Å². The van der Waals surface area contributed by atoms with E-state index in [4.69, 9.17) is 5.84 Å². The highest BCUT2D eigenvalue weighted by Gasteiger charge is 2.09. The maximum atomic E-state index is 13.0. The first-order valence-electron chi connectivity index (χ1n) is 5.64. The Kier molecular flexibility index (Phi) is 6.47. The van der Waals surface area contributed by atoms with Gasteiger partial charge in [0.2, 0.25) is 0 Å². The zero-order valence-electron chi connectivity index (χ0n) is 9.88. The fourth-order valence-corrected chi connectivity index (χ4v) is 2.50. The average molecular weight is 260 g/mol. The summed E-state index contributed by atoms with van der Waals surface area (Å²) in [5, 5.41) is 0. The summed E-state index contributed by atoms with van der Waals surface area (Å²) in [6.45, 7) is 2.11. The Balaban J connectivity index is 2.54. The molecule has 5 heteroatoms. The molecule has 0 heterocycles. The Labute approximate surface area is 105 Å². The molecule has 1 atom stereocenters. The lowest BCUT2D eigenvalue weighted by Gasteiger charge is -2.15. The predicted molar refractivity (Wildman–Crippen MR) is 68.8 cm³/mol. The van der Waals surface area contributed by atoms with Crippen molar-refractivity contribution >= 4 is 11.8 Å². The van der Waals surface area contributed by atoms with Crippen LogP contribution in [0.5, 0.6) is 0 Å². The van der Waals surface area contributed by atoms with Crippen molar-refractivity contribution in [1.82, 2.24) is 5.43 Å². The average Bonchev–Trinajstić information content (AvgIpc) is 2.26. The number of nitrogens with two attached hydrogens (primary N) is 1. The van der Waals surface area contributed by atoms with Crippen LogP contribution < -0.4 is 11.3 Å². The highest BCUT2D eigenvalue weighted by atomic mass is 32.2. The summed E-state index contributed by atoms with van der Waals surface area (Å²) < 4.78 is 26.0. The molecule has 0 aliphatic rings. The molecule has 0 amide bonds.